The molecule has 1 amide bonds. The van der Waals surface area contributed by atoms with Crippen molar-refractivity contribution in [2.45, 2.75) is 405 Å². The molecule has 2 atom stereocenters. The molecule has 0 rings (SSSR count). The maximum absolute atomic E-state index is 12.5. The zero-order chi connectivity index (χ0) is 55.7. The van der Waals surface area contributed by atoms with Crippen molar-refractivity contribution in [2.24, 2.45) is 0 Å². The molecule has 0 spiro atoms. The van der Waals surface area contributed by atoms with E-state index in [0.29, 0.717) is 25.9 Å². The van der Waals surface area contributed by atoms with Gasteiger partial charge in [-0.2, -0.15) is 0 Å². The van der Waals surface area contributed by atoms with Gasteiger partial charge in [-0.05, 0) is 57.8 Å². The van der Waals surface area contributed by atoms with Gasteiger partial charge in [-0.3, -0.25) is 9.59 Å². The second-order valence-electron chi connectivity index (χ2n) is 24.2. The fraction of sp³-hybridized carbons (Fsp3) is 0.915. The van der Waals surface area contributed by atoms with Gasteiger partial charge in [0.1, 0.15) is 0 Å². The van der Waals surface area contributed by atoms with E-state index in [0.717, 1.165) is 44.9 Å². The van der Waals surface area contributed by atoms with Crippen molar-refractivity contribution in [1.82, 2.24) is 5.32 Å². The number of ether oxygens (including phenoxy) is 1. The number of carbonyl (C=O) groups excluding carboxylic acids is 2. The Balaban J connectivity index is 3.43. The third-order valence-electron chi connectivity index (χ3n) is 16.5. The fourth-order valence-electron chi connectivity index (χ4n) is 11.1. The van der Waals surface area contributed by atoms with E-state index >= 15 is 0 Å². The van der Waals surface area contributed by atoms with Crippen LogP contribution in [0.25, 0.3) is 0 Å². The van der Waals surface area contributed by atoms with Gasteiger partial charge >= 0.3 is 5.97 Å². The summed E-state index contributed by atoms with van der Waals surface area (Å²) in [5.41, 5.74) is 0. The number of carbonyl (C=O) groups is 2. The molecule has 0 aliphatic rings. The van der Waals surface area contributed by atoms with E-state index in [4.69, 9.17) is 4.74 Å². The van der Waals surface area contributed by atoms with E-state index < -0.39 is 12.1 Å². The van der Waals surface area contributed by atoms with Crippen LogP contribution in [0.15, 0.2) is 24.3 Å². The SMILES string of the molecule is CCCCCCCCCCCCCCCCCCCCCCCCC(O)C(CO)NC(=O)CCCCCCCCC/C=C\C/C=C\CCCCCCCCCCCOC(=O)CCCCCCCCCCCCCCCCC. The molecule has 2 unspecified atom stereocenters. The van der Waals surface area contributed by atoms with Crippen molar-refractivity contribution in [1.29, 1.82) is 0 Å². The molecule has 0 aromatic carbocycles. The lowest BCUT2D eigenvalue weighted by atomic mass is 10.0. The van der Waals surface area contributed by atoms with E-state index in [1.165, 1.54) is 315 Å². The highest BCUT2D eigenvalue weighted by molar-refractivity contribution is 5.76. The monoisotopic (exact) mass is 1080 g/mol. The number of nitrogens with one attached hydrogen (secondary N) is 1. The lowest BCUT2D eigenvalue weighted by Crippen LogP contribution is -2.45. The van der Waals surface area contributed by atoms with Crippen molar-refractivity contribution in [3.05, 3.63) is 24.3 Å². The Morgan fingerprint density at radius 3 is 0.987 bits per heavy atom. The summed E-state index contributed by atoms with van der Waals surface area (Å²) in [6, 6.07) is -0.550. The maximum Gasteiger partial charge on any atom is 0.305 e. The van der Waals surface area contributed by atoms with Gasteiger partial charge in [-0.25, -0.2) is 0 Å². The quantitative estimate of drug-likeness (QED) is 0.0320. The Bertz CT molecular complexity index is 1200. The topological polar surface area (TPSA) is 95.9 Å². The Kier molecular flexibility index (Phi) is 65.4. The fourth-order valence-corrected chi connectivity index (χ4v) is 11.1. The van der Waals surface area contributed by atoms with E-state index in [9.17, 15) is 19.8 Å². The molecule has 0 saturated heterocycles. The Morgan fingerprint density at radius 2 is 0.649 bits per heavy atom. The second-order valence-corrected chi connectivity index (χ2v) is 24.2. The zero-order valence-corrected chi connectivity index (χ0v) is 52.2. The highest BCUT2D eigenvalue weighted by atomic mass is 16.5. The minimum absolute atomic E-state index is 0.0109. The molecular formula is C71H137NO5. The van der Waals surface area contributed by atoms with Crippen LogP contribution in [-0.4, -0.2) is 47.4 Å². The minimum Gasteiger partial charge on any atom is -0.466 e. The van der Waals surface area contributed by atoms with Crippen LogP contribution in [0, 0.1) is 0 Å². The summed E-state index contributed by atoms with van der Waals surface area (Å²) in [5, 5.41) is 23.4. The minimum atomic E-state index is -0.672. The second kappa shape index (κ2) is 66.8. The number of aliphatic hydroxyl groups excluding tert-OH is 2. The summed E-state index contributed by atoms with van der Waals surface area (Å²) >= 11 is 0. The molecule has 0 heterocycles. The number of rotatable bonds is 66. The van der Waals surface area contributed by atoms with Crippen LogP contribution in [0.2, 0.25) is 0 Å². The molecule has 0 bridgehead atoms. The summed E-state index contributed by atoms with van der Waals surface area (Å²) in [7, 11) is 0. The molecule has 0 aromatic rings. The first-order valence-electron chi connectivity index (χ1n) is 35.1. The number of hydrogen-bond donors (Lipinski definition) is 3. The third kappa shape index (κ3) is 63.4. The van der Waals surface area contributed by atoms with Crippen LogP contribution in [0.3, 0.4) is 0 Å². The molecule has 0 aliphatic heterocycles. The number of aliphatic hydroxyl groups is 2. The van der Waals surface area contributed by atoms with E-state index in [2.05, 4.69) is 43.5 Å². The molecule has 6 nitrogen and oxygen atoms in total. The van der Waals surface area contributed by atoms with Crippen LogP contribution < -0.4 is 5.32 Å². The summed E-state index contributed by atoms with van der Waals surface area (Å²) in [6.45, 7) is 4.99. The number of esters is 1. The van der Waals surface area contributed by atoms with Crippen molar-refractivity contribution in [2.75, 3.05) is 13.2 Å². The lowest BCUT2D eigenvalue weighted by Gasteiger charge is -2.22. The average molecular weight is 1080 g/mol. The molecule has 456 valence electrons. The summed E-state index contributed by atoms with van der Waals surface area (Å²) in [4.78, 5) is 24.6. The first-order chi connectivity index (χ1) is 38.0. The van der Waals surface area contributed by atoms with Gasteiger partial charge in [0, 0.05) is 12.8 Å². The smallest absolute Gasteiger partial charge is 0.305 e. The number of amides is 1. The molecule has 0 aromatic heterocycles. The van der Waals surface area contributed by atoms with Gasteiger partial charge in [-0.15, -0.1) is 0 Å². The zero-order valence-electron chi connectivity index (χ0n) is 52.2. The number of hydrogen-bond acceptors (Lipinski definition) is 5. The van der Waals surface area contributed by atoms with Crippen LogP contribution in [-0.2, 0) is 14.3 Å². The summed E-state index contributed by atoms with van der Waals surface area (Å²) in [5.74, 6) is -0.0302. The van der Waals surface area contributed by atoms with Crippen molar-refractivity contribution in [3.63, 3.8) is 0 Å². The first kappa shape index (κ1) is 75.3. The summed E-state index contributed by atoms with van der Waals surface area (Å²) < 4.78 is 5.49. The van der Waals surface area contributed by atoms with Crippen molar-refractivity contribution in [3.8, 4) is 0 Å². The van der Waals surface area contributed by atoms with Gasteiger partial charge in [0.25, 0.3) is 0 Å². The Morgan fingerprint density at radius 1 is 0.364 bits per heavy atom. The van der Waals surface area contributed by atoms with Gasteiger partial charge in [0.05, 0.1) is 25.4 Å². The van der Waals surface area contributed by atoms with Gasteiger partial charge in [0.15, 0.2) is 0 Å². The predicted octanol–water partition coefficient (Wildman–Crippen LogP) is 22.5. The predicted molar refractivity (Wildman–Crippen MR) is 338 cm³/mol. The lowest BCUT2D eigenvalue weighted by molar-refractivity contribution is -0.143. The third-order valence-corrected chi connectivity index (χ3v) is 16.5. The van der Waals surface area contributed by atoms with E-state index in [1.54, 1.807) is 0 Å². The number of allylic oxidation sites excluding steroid dienone is 4. The maximum atomic E-state index is 12.5. The van der Waals surface area contributed by atoms with Crippen LogP contribution >= 0.6 is 0 Å². The molecular weight excluding hydrogens is 947 g/mol. The standard InChI is InChI=1S/C71H137NO5/c1-3-5-7-9-11-13-15-17-19-20-21-22-26-29-32-36-39-43-47-51-55-59-63-69(74)68(67-73)72-70(75)64-60-56-52-48-44-40-37-33-30-27-24-23-25-28-31-34-38-42-46-50-54-58-62-66-77-71(76)65-61-57-53-49-45-41-35-18-16-14-12-10-8-6-4-2/h23,25,27,30,68-69,73-74H,3-22,24,26,28-29,31-67H2,1-2H3,(H,72,75)/b25-23-,30-27-. The highest BCUT2D eigenvalue weighted by Crippen LogP contribution is 2.19. The Hall–Kier alpha value is -1.66. The van der Waals surface area contributed by atoms with E-state index in [1.807, 2.05) is 0 Å². The van der Waals surface area contributed by atoms with Crippen LogP contribution in [0.4, 0.5) is 0 Å². The normalized spacial score (nSPS) is 12.6. The molecule has 0 aliphatic carbocycles. The molecule has 3 N–H and O–H groups in total. The van der Waals surface area contributed by atoms with Crippen molar-refractivity contribution < 1.29 is 24.5 Å². The summed E-state index contributed by atoms with van der Waals surface area (Å²) in [6.07, 6.45) is 83.6. The van der Waals surface area contributed by atoms with Gasteiger partial charge < -0.3 is 20.3 Å². The molecule has 6 heteroatoms. The van der Waals surface area contributed by atoms with Gasteiger partial charge in [0.2, 0.25) is 5.91 Å². The molecule has 0 fully saturated rings. The van der Waals surface area contributed by atoms with Crippen LogP contribution in [0.1, 0.15) is 393 Å². The molecule has 0 radical (unpaired) electrons. The highest BCUT2D eigenvalue weighted by Gasteiger charge is 2.20. The Labute approximate surface area is 481 Å². The van der Waals surface area contributed by atoms with Gasteiger partial charge in [-0.1, -0.05) is 346 Å². The van der Waals surface area contributed by atoms with E-state index in [-0.39, 0.29) is 18.5 Å². The average Bonchev–Trinajstić information content (AvgIpc) is 3.43. The molecule has 0 saturated carbocycles. The largest absolute Gasteiger partial charge is 0.466 e. The molecule has 77 heavy (non-hydrogen) atoms. The number of unbranched alkanes of at least 4 members (excludes halogenated alkanes) is 51. The van der Waals surface area contributed by atoms with Crippen molar-refractivity contribution >= 4 is 11.9 Å². The van der Waals surface area contributed by atoms with Crippen LogP contribution in [0.5, 0.6) is 0 Å². The first-order valence-corrected chi connectivity index (χ1v) is 35.1.